The maximum Gasteiger partial charge on any atom is 0.161 e. The lowest BCUT2D eigenvalue weighted by atomic mass is 9.90. The Balaban J connectivity index is 1.40. The molecular weight excluding hydrogens is 305 g/mol. The van der Waals surface area contributed by atoms with Crippen molar-refractivity contribution in [3.63, 3.8) is 0 Å². The van der Waals surface area contributed by atoms with Gasteiger partial charge in [-0.05, 0) is 49.1 Å². The fourth-order valence-electron chi connectivity index (χ4n) is 3.72. The summed E-state index contributed by atoms with van der Waals surface area (Å²) in [5, 5.41) is 0. The summed E-state index contributed by atoms with van der Waals surface area (Å²) in [6.07, 6.45) is 2.16. The number of fused-ring (bicyclic) bond motifs is 1. The second kappa shape index (κ2) is 6.81. The first-order valence-corrected chi connectivity index (χ1v) is 8.65. The van der Waals surface area contributed by atoms with Gasteiger partial charge in [0.2, 0.25) is 0 Å². The first kappa shape index (κ1) is 15.5. The average molecular weight is 327 g/mol. The van der Waals surface area contributed by atoms with Crippen LogP contribution in [-0.4, -0.2) is 37.2 Å². The standard InChI is InChI=1S/C20H22FNO2/c21-18-8-2-1-7-17(18)15-6-5-11-22(12-15)13-16-14-23-19-9-3-4-10-20(19)24-16/h1-4,7-10,15-16H,5-6,11-14H2/t15-,16-/m0/s1. The second-order valence-corrected chi connectivity index (χ2v) is 6.62. The molecule has 0 bridgehead atoms. The molecule has 2 aliphatic heterocycles. The van der Waals surface area contributed by atoms with Gasteiger partial charge in [-0.2, -0.15) is 0 Å². The molecule has 4 rings (SSSR count). The van der Waals surface area contributed by atoms with Crippen molar-refractivity contribution >= 4 is 0 Å². The number of nitrogens with zero attached hydrogens (tertiary/aromatic N) is 1. The fourth-order valence-corrected chi connectivity index (χ4v) is 3.72. The van der Waals surface area contributed by atoms with Crippen LogP contribution in [0.4, 0.5) is 4.39 Å². The SMILES string of the molecule is Fc1ccccc1[C@H]1CCCN(C[C@H]2COc3ccccc3O2)C1. The Bertz CT molecular complexity index is 706. The van der Waals surface area contributed by atoms with E-state index in [9.17, 15) is 4.39 Å². The Morgan fingerprint density at radius 2 is 1.83 bits per heavy atom. The van der Waals surface area contributed by atoms with E-state index < -0.39 is 0 Å². The Labute approximate surface area is 142 Å². The van der Waals surface area contributed by atoms with Crippen molar-refractivity contribution in [2.75, 3.05) is 26.2 Å². The van der Waals surface area contributed by atoms with E-state index in [0.717, 1.165) is 49.5 Å². The van der Waals surface area contributed by atoms with Gasteiger partial charge < -0.3 is 9.47 Å². The number of benzene rings is 2. The molecule has 1 fully saturated rings. The highest BCUT2D eigenvalue weighted by Gasteiger charge is 2.28. The van der Waals surface area contributed by atoms with Crippen molar-refractivity contribution in [3.8, 4) is 11.5 Å². The molecule has 0 N–H and O–H groups in total. The number of rotatable bonds is 3. The van der Waals surface area contributed by atoms with Crippen LogP contribution >= 0.6 is 0 Å². The zero-order valence-corrected chi connectivity index (χ0v) is 13.7. The monoisotopic (exact) mass is 327 g/mol. The molecule has 0 spiro atoms. The third-order valence-electron chi connectivity index (χ3n) is 4.88. The summed E-state index contributed by atoms with van der Waals surface area (Å²) < 4.78 is 25.9. The van der Waals surface area contributed by atoms with E-state index >= 15 is 0 Å². The molecule has 0 amide bonds. The molecule has 4 heteroatoms. The highest BCUT2D eigenvalue weighted by Crippen LogP contribution is 2.32. The third kappa shape index (κ3) is 3.24. The maximum atomic E-state index is 14.1. The highest BCUT2D eigenvalue weighted by atomic mass is 19.1. The molecule has 24 heavy (non-hydrogen) atoms. The van der Waals surface area contributed by atoms with E-state index in [4.69, 9.17) is 9.47 Å². The maximum absolute atomic E-state index is 14.1. The minimum absolute atomic E-state index is 0.0271. The number of halogens is 1. The predicted molar refractivity (Wildman–Crippen MR) is 91.2 cm³/mol. The zero-order chi connectivity index (χ0) is 16.4. The highest BCUT2D eigenvalue weighted by molar-refractivity contribution is 5.40. The molecule has 126 valence electrons. The topological polar surface area (TPSA) is 21.7 Å². The summed E-state index contributed by atoms with van der Waals surface area (Å²) in [6, 6.07) is 14.9. The lowest BCUT2D eigenvalue weighted by Crippen LogP contribution is -2.44. The molecule has 1 saturated heterocycles. The van der Waals surface area contributed by atoms with Gasteiger partial charge in [-0.15, -0.1) is 0 Å². The van der Waals surface area contributed by atoms with E-state index in [2.05, 4.69) is 4.90 Å². The van der Waals surface area contributed by atoms with E-state index in [-0.39, 0.29) is 17.8 Å². The Kier molecular flexibility index (Phi) is 4.39. The molecule has 2 aliphatic rings. The van der Waals surface area contributed by atoms with Gasteiger partial charge in [0, 0.05) is 13.1 Å². The molecular formula is C20H22FNO2. The number of ether oxygens (including phenoxy) is 2. The number of hydrogen-bond acceptors (Lipinski definition) is 3. The lowest BCUT2D eigenvalue weighted by molar-refractivity contribution is 0.0503. The molecule has 0 unspecified atom stereocenters. The number of piperidine rings is 1. The van der Waals surface area contributed by atoms with Crippen molar-refractivity contribution in [3.05, 3.63) is 59.9 Å². The summed E-state index contributed by atoms with van der Waals surface area (Å²) in [4.78, 5) is 2.38. The van der Waals surface area contributed by atoms with Crippen LogP contribution < -0.4 is 9.47 Å². The predicted octanol–water partition coefficient (Wildman–Crippen LogP) is 3.85. The molecule has 0 radical (unpaired) electrons. The summed E-state index contributed by atoms with van der Waals surface area (Å²) in [5.74, 6) is 1.81. The summed E-state index contributed by atoms with van der Waals surface area (Å²) in [5.41, 5.74) is 0.841. The van der Waals surface area contributed by atoms with E-state index in [0.29, 0.717) is 6.61 Å². The van der Waals surface area contributed by atoms with Crippen molar-refractivity contribution in [2.24, 2.45) is 0 Å². The molecule has 3 nitrogen and oxygen atoms in total. The van der Waals surface area contributed by atoms with E-state index in [1.54, 1.807) is 12.1 Å². The van der Waals surface area contributed by atoms with Gasteiger partial charge in [0.25, 0.3) is 0 Å². The van der Waals surface area contributed by atoms with Crippen molar-refractivity contribution in [1.82, 2.24) is 4.90 Å². The summed E-state index contributed by atoms with van der Waals surface area (Å²) in [6.45, 7) is 3.30. The van der Waals surface area contributed by atoms with Crippen LogP contribution in [0.1, 0.15) is 24.3 Å². The molecule has 0 aromatic heterocycles. The molecule has 0 aliphatic carbocycles. The van der Waals surface area contributed by atoms with Crippen molar-refractivity contribution < 1.29 is 13.9 Å². The third-order valence-corrected chi connectivity index (χ3v) is 4.88. The second-order valence-electron chi connectivity index (χ2n) is 6.62. The van der Waals surface area contributed by atoms with Gasteiger partial charge in [-0.3, -0.25) is 4.90 Å². The first-order valence-electron chi connectivity index (χ1n) is 8.65. The van der Waals surface area contributed by atoms with Gasteiger partial charge in [-0.25, -0.2) is 4.39 Å². The number of likely N-dealkylation sites (tertiary alicyclic amines) is 1. The zero-order valence-electron chi connectivity index (χ0n) is 13.7. The van der Waals surface area contributed by atoms with Crippen LogP contribution in [0.5, 0.6) is 11.5 Å². The number of para-hydroxylation sites is 2. The molecule has 2 aromatic carbocycles. The average Bonchev–Trinajstić information content (AvgIpc) is 2.62. The van der Waals surface area contributed by atoms with Gasteiger partial charge in [0.05, 0.1) is 0 Å². The normalized spacial score (nSPS) is 23.9. The Hall–Kier alpha value is -2.07. The minimum Gasteiger partial charge on any atom is -0.486 e. The summed E-state index contributed by atoms with van der Waals surface area (Å²) >= 11 is 0. The van der Waals surface area contributed by atoms with Gasteiger partial charge in [-0.1, -0.05) is 30.3 Å². The molecule has 0 saturated carbocycles. The van der Waals surface area contributed by atoms with Crippen LogP contribution in [0.15, 0.2) is 48.5 Å². The van der Waals surface area contributed by atoms with Gasteiger partial charge >= 0.3 is 0 Å². The smallest absolute Gasteiger partial charge is 0.161 e. The van der Waals surface area contributed by atoms with E-state index in [1.165, 1.54) is 0 Å². The fraction of sp³-hybridized carbons (Fsp3) is 0.400. The molecule has 2 aromatic rings. The van der Waals surface area contributed by atoms with Crippen LogP contribution in [0, 0.1) is 5.82 Å². The quantitative estimate of drug-likeness (QED) is 0.855. The van der Waals surface area contributed by atoms with Gasteiger partial charge in [0.1, 0.15) is 18.5 Å². The van der Waals surface area contributed by atoms with Crippen LogP contribution in [0.25, 0.3) is 0 Å². The van der Waals surface area contributed by atoms with Crippen LogP contribution in [-0.2, 0) is 0 Å². The largest absolute Gasteiger partial charge is 0.486 e. The lowest BCUT2D eigenvalue weighted by Gasteiger charge is -2.36. The first-order chi connectivity index (χ1) is 11.8. The van der Waals surface area contributed by atoms with Gasteiger partial charge in [0.15, 0.2) is 11.5 Å². The Morgan fingerprint density at radius 3 is 2.71 bits per heavy atom. The van der Waals surface area contributed by atoms with E-state index in [1.807, 2.05) is 36.4 Å². The molecule has 2 heterocycles. The summed E-state index contributed by atoms with van der Waals surface area (Å²) in [7, 11) is 0. The van der Waals surface area contributed by atoms with Crippen LogP contribution in [0.2, 0.25) is 0 Å². The van der Waals surface area contributed by atoms with Crippen molar-refractivity contribution in [2.45, 2.75) is 24.9 Å². The minimum atomic E-state index is -0.0875. The Morgan fingerprint density at radius 1 is 1.04 bits per heavy atom. The van der Waals surface area contributed by atoms with Crippen LogP contribution in [0.3, 0.4) is 0 Å². The van der Waals surface area contributed by atoms with Crippen molar-refractivity contribution in [1.29, 1.82) is 0 Å². The molecule has 2 atom stereocenters. The number of hydrogen-bond donors (Lipinski definition) is 0.